The van der Waals surface area contributed by atoms with Crippen LogP contribution in [0.4, 0.5) is 0 Å². The molecule has 0 aromatic rings. The predicted octanol–water partition coefficient (Wildman–Crippen LogP) is 6.09. The Morgan fingerprint density at radius 3 is 2.65 bits per heavy atom. The van der Waals surface area contributed by atoms with Gasteiger partial charge in [-0.2, -0.15) is 0 Å². The second-order valence-electron chi connectivity index (χ2n) is 11.3. The van der Waals surface area contributed by atoms with Gasteiger partial charge in [0.05, 0.1) is 7.11 Å². The molecule has 0 spiro atoms. The van der Waals surface area contributed by atoms with Crippen molar-refractivity contribution in [3.05, 3.63) is 11.1 Å². The lowest BCUT2D eigenvalue weighted by Gasteiger charge is -2.59. The van der Waals surface area contributed by atoms with Crippen LogP contribution in [-0.2, 0) is 19.1 Å². The van der Waals surface area contributed by atoms with E-state index in [0.29, 0.717) is 29.6 Å². The van der Waals surface area contributed by atoms with E-state index in [2.05, 4.69) is 20.8 Å². The normalized spacial score (nSPS) is 40.4. The first-order valence-electron chi connectivity index (χ1n) is 12.7. The highest BCUT2D eigenvalue weighted by Crippen LogP contribution is 2.64. The average Bonchev–Trinajstić information content (AvgIpc) is 3.18. The molecule has 0 radical (unpaired) electrons. The van der Waals surface area contributed by atoms with Crippen LogP contribution in [0.2, 0.25) is 0 Å². The topological polar surface area (TPSA) is 52.6 Å². The largest absolute Gasteiger partial charge is 0.469 e. The Hall–Kier alpha value is -1.32. The molecule has 3 saturated carbocycles. The first-order valence-corrected chi connectivity index (χ1v) is 12.7. The maximum Gasteiger partial charge on any atom is 0.305 e. The fraction of sp³-hybridized carbons (Fsp3) is 0.852. The van der Waals surface area contributed by atoms with E-state index in [4.69, 9.17) is 9.47 Å². The molecule has 0 aromatic heterocycles. The monoisotopic (exact) mass is 430 g/mol. The Morgan fingerprint density at radius 2 is 1.94 bits per heavy atom. The van der Waals surface area contributed by atoms with E-state index < -0.39 is 0 Å². The molecule has 4 nitrogen and oxygen atoms in total. The van der Waals surface area contributed by atoms with Crippen molar-refractivity contribution in [1.82, 2.24) is 0 Å². The van der Waals surface area contributed by atoms with Crippen molar-refractivity contribution in [2.24, 2.45) is 40.9 Å². The summed E-state index contributed by atoms with van der Waals surface area (Å²) in [5.74, 6) is 4.02. The first-order chi connectivity index (χ1) is 14.7. The zero-order chi connectivity index (χ0) is 22.3. The summed E-state index contributed by atoms with van der Waals surface area (Å²) in [4.78, 5) is 23.1. The fourth-order valence-electron chi connectivity index (χ4n) is 8.29. The van der Waals surface area contributed by atoms with Gasteiger partial charge in [0, 0.05) is 13.3 Å². The van der Waals surface area contributed by atoms with Gasteiger partial charge < -0.3 is 9.47 Å². The third-order valence-corrected chi connectivity index (χ3v) is 9.78. The number of esters is 2. The van der Waals surface area contributed by atoms with Crippen LogP contribution in [0.25, 0.3) is 0 Å². The molecule has 0 N–H and O–H groups in total. The van der Waals surface area contributed by atoms with Crippen molar-refractivity contribution in [3.8, 4) is 0 Å². The van der Waals surface area contributed by atoms with E-state index in [1.165, 1.54) is 45.6 Å². The van der Waals surface area contributed by atoms with Gasteiger partial charge in [0.25, 0.3) is 0 Å². The van der Waals surface area contributed by atoms with Gasteiger partial charge in [-0.25, -0.2) is 0 Å². The molecule has 0 aromatic carbocycles. The molecule has 4 aliphatic rings. The highest BCUT2D eigenvalue weighted by Gasteiger charge is 2.56. The number of ether oxygens (including phenoxy) is 2. The second-order valence-corrected chi connectivity index (χ2v) is 11.3. The predicted molar refractivity (Wildman–Crippen MR) is 121 cm³/mol. The Balaban J connectivity index is 1.50. The Morgan fingerprint density at radius 1 is 1.16 bits per heavy atom. The molecule has 0 aliphatic heterocycles. The fourth-order valence-corrected chi connectivity index (χ4v) is 8.29. The van der Waals surface area contributed by atoms with Crippen LogP contribution >= 0.6 is 0 Å². The standard InChI is InChI=1S/C27H42O4/c1-16(6-11-25(29)30-5)21-9-10-23-22-8-7-19-15-20(31-18(3)28)12-13-27(19,4)24(22)14-17(2)26(21)23/h16-17,19-20,22-24H,6-15H2,1-5H3/t16-,17+,19+,20+,22-,23-,24-,27-/m0/s1. The van der Waals surface area contributed by atoms with Crippen molar-refractivity contribution < 1.29 is 19.1 Å². The van der Waals surface area contributed by atoms with E-state index in [-0.39, 0.29) is 18.0 Å². The molecule has 174 valence electrons. The lowest BCUT2D eigenvalue weighted by molar-refractivity contribution is -0.156. The van der Waals surface area contributed by atoms with Crippen molar-refractivity contribution >= 4 is 11.9 Å². The van der Waals surface area contributed by atoms with Gasteiger partial charge in [-0.3, -0.25) is 9.59 Å². The summed E-state index contributed by atoms with van der Waals surface area (Å²) in [6.45, 7) is 8.90. The number of allylic oxidation sites excluding steroid dienone is 2. The summed E-state index contributed by atoms with van der Waals surface area (Å²) in [5, 5.41) is 0. The van der Waals surface area contributed by atoms with Gasteiger partial charge in [0.15, 0.2) is 0 Å². The lowest BCUT2D eigenvalue weighted by atomic mass is 9.46. The first kappa shape index (κ1) is 22.9. The van der Waals surface area contributed by atoms with Gasteiger partial charge in [-0.1, -0.05) is 31.9 Å². The summed E-state index contributed by atoms with van der Waals surface area (Å²) in [6, 6.07) is 0. The zero-order valence-corrected chi connectivity index (χ0v) is 20.2. The SMILES string of the molecule is COC(=O)CC[C@H](C)C1=C2[C@H](C)C[C@H]3[C@@H](CC[C@@H]4C[C@H](OC(C)=O)CC[C@@]43C)[C@@H]2CC1. The molecule has 0 heterocycles. The second kappa shape index (κ2) is 8.90. The molecule has 0 amide bonds. The molecular formula is C27H42O4. The van der Waals surface area contributed by atoms with E-state index in [0.717, 1.165) is 37.0 Å². The number of carbonyl (C=O) groups is 2. The number of hydrogen-bond acceptors (Lipinski definition) is 4. The molecule has 31 heavy (non-hydrogen) atoms. The maximum absolute atomic E-state index is 11.7. The smallest absolute Gasteiger partial charge is 0.305 e. The van der Waals surface area contributed by atoms with Gasteiger partial charge in [-0.05, 0) is 98.7 Å². The van der Waals surface area contributed by atoms with E-state index in [1.54, 1.807) is 18.1 Å². The third kappa shape index (κ3) is 4.20. The summed E-state index contributed by atoms with van der Waals surface area (Å²) in [7, 11) is 1.49. The Bertz CT molecular complexity index is 740. The minimum atomic E-state index is -0.122. The van der Waals surface area contributed by atoms with E-state index in [1.807, 2.05) is 0 Å². The van der Waals surface area contributed by atoms with Crippen molar-refractivity contribution in [2.75, 3.05) is 7.11 Å². The molecule has 4 aliphatic carbocycles. The number of methoxy groups -OCH3 is 1. The van der Waals surface area contributed by atoms with Crippen LogP contribution in [0.1, 0.15) is 91.9 Å². The van der Waals surface area contributed by atoms with Crippen molar-refractivity contribution in [3.63, 3.8) is 0 Å². The summed E-state index contributed by atoms with van der Waals surface area (Å²) in [6.07, 6.45) is 11.4. The van der Waals surface area contributed by atoms with Crippen LogP contribution in [0.3, 0.4) is 0 Å². The highest BCUT2D eigenvalue weighted by atomic mass is 16.5. The van der Waals surface area contributed by atoms with Gasteiger partial charge in [0.1, 0.15) is 6.10 Å². The lowest BCUT2D eigenvalue weighted by Crippen LogP contribution is -2.52. The zero-order valence-electron chi connectivity index (χ0n) is 20.2. The molecule has 4 heteroatoms. The number of hydrogen-bond donors (Lipinski definition) is 0. The van der Waals surface area contributed by atoms with Crippen LogP contribution in [0.5, 0.6) is 0 Å². The highest BCUT2D eigenvalue weighted by molar-refractivity contribution is 5.69. The van der Waals surface area contributed by atoms with Crippen LogP contribution in [0, 0.1) is 40.9 Å². The summed E-state index contributed by atoms with van der Waals surface area (Å²) >= 11 is 0. The Kier molecular flexibility index (Phi) is 6.57. The van der Waals surface area contributed by atoms with Gasteiger partial charge in [0.2, 0.25) is 0 Å². The third-order valence-electron chi connectivity index (χ3n) is 9.78. The van der Waals surface area contributed by atoms with Crippen LogP contribution in [0.15, 0.2) is 11.1 Å². The van der Waals surface area contributed by atoms with Crippen molar-refractivity contribution in [1.29, 1.82) is 0 Å². The molecule has 0 unspecified atom stereocenters. The number of carbonyl (C=O) groups excluding carboxylic acids is 2. The maximum atomic E-state index is 11.7. The van der Waals surface area contributed by atoms with Crippen LogP contribution in [-0.4, -0.2) is 25.2 Å². The van der Waals surface area contributed by atoms with Gasteiger partial charge in [-0.15, -0.1) is 0 Å². The Labute approximate surface area is 188 Å². The molecular weight excluding hydrogens is 388 g/mol. The van der Waals surface area contributed by atoms with Gasteiger partial charge >= 0.3 is 11.9 Å². The minimum Gasteiger partial charge on any atom is -0.469 e. The molecule has 0 saturated heterocycles. The summed E-state index contributed by atoms with van der Waals surface area (Å²) in [5.41, 5.74) is 3.85. The molecule has 4 rings (SSSR count). The average molecular weight is 431 g/mol. The van der Waals surface area contributed by atoms with E-state index in [9.17, 15) is 9.59 Å². The summed E-state index contributed by atoms with van der Waals surface area (Å²) < 4.78 is 10.5. The molecule has 0 bridgehead atoms. The number of fused-ring (bicyclic) bond motifs is 5. The molecule has 8 atom stereocenters. The van der Waals surface area contributed by atoms with Crippen LogP contribution < -0.4 is 0 Å². The molecule has 3 fully saturated rings. The van der Waals surface area contributed by atoms with Crippen molar-refractivity contribution in [2.45, 2.75) is 98.0 Å². The minimum absolute atomic E-state index is 0.0839. The number of rotatable bonds is 5. The quantitative estimate of drug-likeness (QED) is 0.391. The van der Waals surface area contributed by atoms with E-state index >= 15 is 0 Å².